The Morgan fingerprint density at radius 1 is 0.847 bits per heavy atom. The van der Waals surface area contributed by atoms with Crippen molar-refractivity contribution in [3.05, 3.63) is 59.8 Å². The van der Waals surface area contributed by atoms with E-state index in [0.717, 1.165) is 38.5 Å². The number of unbranched alkanes of at least 4 members (excludes halogenated alkanes) is 1. The lowest BCUT2D eigenvalue weighted by atomic mass is 9.61. The van der Waals surface area contributed by atoms with Gasteiger partial charge in [-0.1, -0.05) is 132 Å². The molecule has 336 valence electrons. The van der Waals surface area contributed by atoms with Crippen molar-refractivity contribution in [3.8, 4) is 0 Å². The molecule has 2 unspecified atom stereocenters. The molecule has 0 bridgehead atoms. The molecular weight excluding hydrogens is 773 g/mol. The van der Waals surface area contributed by atoms with Crippen LogP contribution in [0.25, 0.3) is 0 Å². The van der Waals surface area contributed by atoms with E-state index in [1.54, 1.807) is 5.57 Å². The normalized spacial score (nSPS) is 29.8. The van der Waals surface area contributed by atoms with Crippen LogP contribution in [0.4, 0.5) is 0 Å². The highest BCUT2D eigenvalue weighted by molar-refractivity contribution is 6.75. The minimum atomic E-state index is -2.05. The van der Waals surface area contributed by atoms with Crippen molar-refractivity contribution in [1.82, 2.24) is 0 Å². The molecule has 0 aromatic heterocycles. The Morgan fingerprint density at radius 3 is 2.00 bits per heavy atom. The molecule has 0 heterocycles. The molecule has 4 nitrogen and oxygen atoms in total. The SMILES string of the molecule is C=C1C(=CC=C2CCC[C@]3(C)[C@@H]([C@H](C)C=C[C@@H](O[Si](C)(C)C(C)(C)C)C4(C=CC(=O)CCCC)CC4)CC[C@@H]23)CC(O[Si](C)(C)C(C)(C)C)CC1O[Si](C)(C)C(C)(C)C. The van der Waals surface area contributed by atoms with Crippen molar-refractivity contribution in [1.29, 1.82) is 0 Å². The first-order valence-electron chi connectivity index (χ1n) is 23.9. The number of allylic oxidation sites excluding steroid dienone is 5. The van der Waals surface area contributed by atoms with Crippen LogP contribution >= 0.6 is 0 Å². The van der Waals surface area contributed by atoms with Crippen molar-refractivity contribution < 1.29 is 18.1 Å². The summed E-state index contributed by atoms with van der Waals surface area (Å²) < 4.78 is 21.6. The van der Waals surface area contributed by atoms with E-state index in [9.17, 15) is 4.79 Å². The van der Waals surface area contributed by atoms with Crippen molar-refractivity contribution in [2.24, 2.45) is 28.6 Å². The second kappa shape index (κ2) is 18.6. The number of carbonyl (C=O) groups excluding carboxylic acids is 1. The van der Waals surface area contributed by atoms with Gasteiger partial charge in [0.05, 0.1) is 18.3 Å². The Balaban J connectivity index is 1.60. The van der Waals surface area contributed by atoms with Crippen LogP contribution < -0.4 is 0 Å². The number of ketones is 1. The summed E-state index contributed by atoms with van der Waals surface area (Å²) in [6, 6.07) is 0. The predicted octanol–water partition coefficient (Wildman–Crippen LogP) is 15.9. The molecule has 0 aromatic rings. The van der Waals surface area contributed by atoms with E-state index in [-0.39, 0.29) is 50.0 Å². The summed E-state index contributed by atoms with van der Waals surface area (Å²) >= 11 is 0. The van der Waals surface area contributed by atoms with Gasteiger partial charge in [0.2, 0.25) is 0 Å². The minimum Gasteiger partial charge on any atom is -0.413 e. The van der Waals surface area contributed by atoms with Crippen LogP contribution in [0.15, 0.2) is 59.8 Å². The molecule has 0 aliphatic heterocycles. The van der Waals surface area contributed by atoms with Crippen molar-refractivity contribution in [2.45, 2.75) is 233 Å². The lowest BCUT2D eigenvalue weighted by Crippen LogP contribution is -2.49. The van der Waals surface area contributed by atoms with Gasteiger partial charge in [0.25, 0.3) is 0 Å². The van der Waals surface area contributed by atoms with Gasteiger partial charge < -0.3 is 13.3 Å². The summed E-state index contributed by atoms with van der Waals surface area (Å²) in [5, 5.41) is 0.410. The number of rotatable bonds is 16. The summed E-state index contributed by atoms with van der Waals surface area (Å²) in [5.74, 6) is 1.95. The third-order valence-electron chi connectivity index (χ3n) is 17.0. The smallest absolute Gasteiger partial charge is 0.192 e. The van der Waals surface area contributed by atoms with Crippen LogP contribution in [0.5, 0.6) is 0 Å². The standard InChI is InChI=1S/C52H92O4Si3/c1-20-21-24-42(53)31-33-52(34-35-52)47(56-59(18,19)50(10,11)12)30-25-38(2)44-28-29-45-40(23-22-32-51(44,45)13)26-27-41-36-43(54-57(14,15)48(4,5)6)37-46(39(41)3)55-58(16,17)49(7,8)9/h25-27,30-31,33,38,43-47H,3,20-24,28-29,32,34-37H2,1-2,4-19H3/t38-,43?,44-,45+,46?,47-,51-/m1/s1. The van der Waals surface area contributed by atoms with Crippen LogP contribution in [0.1, 0.15) is 160 Å². The highest BCUT2D eigenvalue weighted by atomic mass is 28.4. The average Bonchev–Trinajstić information content (AvgIpc) is 3.80. The van der Waals surface area contributed by atoms with E-state index in [0.29, 0.717) is 24.2 Å². The van der Waals surface area contributed by atoms with Gasteiger partial charge in [-0.25, -0.2) is 0 Å². The maximum Gasteiger partial charge on any atom is 0.192 e. The zero-order valence-electron chi connectivity index (χ0n) is 41.8. The Bertz CT molecular complexity index is 1600. The van der Waals surface area contributed by atoms with Crippen LogP contribution in [0.2, 0.25) is 54.4 Å². The molecule has 7 atom stereocenters. The third kappa shape index (κ3) is 11.9. The fraction of sp³-hybridized carbons (Fsp3) is 0.788. The van der Waals surface area contributed by atoms with Gasteiger partial charge in [-0.15, -0.1) is 0 Å². The first-order chi connectivity index (χ1) is 26.9. The van der Waals surface area contributed by atoms with Gasteiger partial charge in [0.15, 0.2) is 30.7 Å². The summed E-state index contributed by atoms with van der Waals surface area (Å²) in [6.45, 7) is 47.3. The monoisotopic (exact) mass is 865 g/mol. The van der Waals surface area contributed by atoms with Crippen LogP contribution in [0, 0.1) is 28.6 Å². The quantitative estimate of drug-likeness (QED) is 0.0881. The van der Waals surface area contributed by atoms with E-state index >= 15 is 0 Å². The van der Waals surface area contributed by atoms with Gasteiger partial charge in [0, 0.05) is 18.3 Å². The molecule has 0 N–H and O–H groups in total. The van der Waals surface area contributed by atoms with Crippen molar-refractivity contribution in [3.63, 3.8) is 0 Å². The van der Waals surface area contributed by atoms with Gasteiger partial charge in [-0.2, -0.15) is 0 Å². The number of fused-ring (bicyclic) bond motifs is 1. The lowest BCUT2D eigenvalue weighted by Gasteiger charge is -2.45. The van der Waals surface area contributed by atoms with E-state index < -0.39 is 25.0 Å². The molecule has 7 heteroatoms. The molecule has 4 rings (SSSR count). The van der Waals surface area contributed by atoms with Gasteiger partial charge >= 0.3 is 0 Å². The summed E-state index contributed by atoms with van der Waals surface area (Å²) in [5.41, 5.74) is 4.36. The molecule has 0 amide bonds. The van der Waals surface area contributed by atoms with E-state index in [4.69, 9.17) is 19.9 Å². The first kappa shape index (κ1) is 50.5. The maximum atomic E-state index is 12.8. The first-order valence-corrected chi connectivity index (χ1v) is 32.6. The Labute approximate surface area is 368 Å². The van der Waals surface area contributed by atoms with Crippen molar-refractivity contribution in [2.75, 3.05) is 0 Å². The van der Waals surface area contributed by atoms with E-state index in [2.05, 4.69) is 153 Å². The zero-order valence-corrected chi connectivity index (χ0v) is 44.8. The summed E-state index contributed by atoms with van der Waals surface area (Å²) in [7, 11) is -6.04. The third-order valence-corrected chi connectivity index (χ3v) is 30.5. The second-order valence-electron chi connectivity index (χ2n) is 24.5. The molecule has 4 aliphatic rings. The topological polar surface area (TPSA) is 44.8 Å². The van der Waals surface area contributed by atoms with Crippen LogP contribution in [0.3, 0.4) is 0 Å². The lowest BCUT2D eigenvalue weighted by molar-refractivity contribution is -0.114. The molecule has 0 saturated heterocycles. The molecular formula is C52H92O4Si3. The largest absolute Gasteiger partial charge is 0.413 e. The number of carbonyl (C=O) groups is 1. The number of hydrogen-bond donors (Lipinski definition) is 0. The van der Waals surface area contributed by atoms with Gasteiger partial charge in [0.1, 0.15) is 0 Å². The molecule has 4 aliphatic carbocycles. The molecule has 4 saturated carbocycles. The molecule has 0 aromatic carbocycles. The van der Waals surface area contributed by atoms with E-state index in [1.807, 2.05) is 6.08 Å². The van der Waals surface area contributed by atoms with E-state index in [1.165, 1.54) is 43.3 Å². The molecule has 59 heavy (non-hydrogen) atoms. The van der Waals surface area contributed by atoms with Crippen LogP contribution in [-0.4, -0.2) is 49.0 Å². The Kier molecular flexibility index (Phi) is 15.9. The van der Waals surface area contributed by atoms with Gasteiger partial charge in [-0.05, 0) is 153 Å². The average molecular weight is 866 g/mol. The zero-order chi connectivity index (χ0) is 44.6. The fourth-order valence-electron chi connectivity index (χ4n) is 9.54. The maximum absolute atomic E-state index is 12.8. The second-order valence-corrected chi connectivity index (χ2v) is 38.8. The Hall–Kier alpha value is -1.10. The molecule has 4 fully saturated rings. The van der Waals surface area contributed by atoms with Crippen molar-refractivity contribution >= 4 is 30.7 Å². The highest BCUT2D eigenvalue weighted by Crippen LogP contribution is 2.60. The fourth-order valence-corrected chi connectivity index (χ4v) is 13.5. The van der Waals surface area contributed by atoms with Crippen LogP contribution in [-0.2, 0) is 18.1 Å². The molecule has 0 spiro atoms. The minimum absolute atomic E-state index is 0.000407. The predicted molar refractivity (Wildman–Crippen MR) is 263 cm³/mol. The number of hydrogen-bond acceptors (Lipinski definition) is 4. The summed E-state index contributed by atoms with van der Waals surface area (Å²) in [4.78, 5) is 12.8. The molecule has 0 radical (unpaired) electrons. The highest BCUT2D eigenvalue weighted by Gasteiger charge is 2.53. The Morgan fingerprint density at radius 2 is 1.44 bits per heavy atom. The summed E-state index contributed by atoms with van der Waals surface area (Å²) in [6.07, 6.45) is 27.2. The van der Waals surface area contributed by atoms with Gasteiger partial charge in [-0.3, -0.25) is 4.79 Å².